The number of methoxy groups -OCH3 is 1. The van der Waals surface area contributed by atoms with Gasteiger partial charge >= 0.3 is 0 Å². The maximum absolute atomic E-state index is 12.0. The van der Waals surface area contributed by atoms with Crippen molar-refractivity contribution < 1.29 is 9.53 Å². The largest absolute Gasteiger partial charge is 0.399 e. The molecule has 5 N–H and O–H groups in total. The minimum atomic E-state index is -0.123. The second kappa shape index (κ2) is 5.48. The number of amides is 1. The number of hydrogen-bond acceptors (Lipinski definition) is 4. The number of rotatable bonds is 6. The summed E-state index contributed by atoms with van der Waals surface area (Å²) < 4.78 is 5.09. The molecule has 2 rings (SSSR count). The Balaban J connectivity index is 1.91. The van der Waals surface area contributed by atoms with Crippen LogP contribution in [0.5, 0.6) is 0 Å². The van der Waals surface area contributed by atoms with Gasteiger partial charge in [-0.25, -0.2) is 0 Å². The van der Waals surface area contributed by atoms with Gasteiger partial charge in [-0.1, -0.05) is 0 Å². The molecule has 0 spiro atoms. The standard InChI is InChI=1S/C14H21N3O2/c1-19-5-4-14(2-3-14)9-17-13(18)10-6-11(15)8-12(16)7-10/h6-8H,2-5,9,15-16H2,1H3,(H,17,18). The van der Waals surface area contributed by atoms with E-state index in [1.807, 2.05) is 0 Å². The second-order valence-electron chi connectivity index (χ2n) is 5.31. The van der Waals surface area contributed by atoms with Crippen molar-refractivity contribution in [3.8, 4) is 0 Å². The summed E-state index contributed by atoms with van der Waals surface area (Å²) in [7, 11) is 1.70. The lowest BCUT2D eigenvalue weighted by molar-refractivity contribution is 0.0938. The van der Waals surface area contributed by atoms with Gasteiger partial charge in [0.05, 0.1) is 0 Å². The molecule has 104 valence electrons. The zero-order valence-electron chi connectivity index (χ0n) is 11.2. The minimum absolute atomic E-state index is 0.123. The van der Waals surface area contributed by atoms with Crippen LogP contribution < -0.4 is 16.8 Å². The molecule has 1 aliphatic rings. The zero-order valence-corrected chi connectivity index (χ0v) is 11.2. The molecular formula is C14H21N3O2. The predicted molar refractivity (Wildman–Crippen MR) is 75.8 cm³/mol. The first-order valence-corrected chi connectivity index (χ1v) is 6.48. The third-order valence-electron chi connectivity index (χ3n) is 3.66. The Morgan fingerprint density at radius 2 is 1.95 bits per heavy atom. The van der Waals surface area contributed by atoms with Crippen LogP contribution in [0, 0.1) is 5.41 Å². The Hall–Kier alpha value is -1.75. The van der Waals surface area contributed by atoms with Gasteiger partial charge in [-0.2, -0.15) is 0 Å². The number of anilines is 2. The summed E-state index contributed by atoms with van der Waals surface area (Å²) in [5, 5.41) is 2.96. The summed E-state index contributed by atoms with van der Waals surface area (Å²) in [6, 6.07) is 4.92. The van der Waals surface area contributed by atoms with E-state index in [2.05, 4.69) is 5.32 Å². The van der Waals surface area contributed by atoms with Crippen LogP contribution in [0.2, 0.25) is 0 Å². The number of carbonyl (C=O) groups excluding carboxylic acids is 1. The van der Waals surface area contributed by atoms with E-state index in [4.69, 9.17) is 16.2 Å². The van der Waals surface area contributed by atoms with Crippen LogP contribution in [-0.4, -0.2) is 26.2 Å². The lowest BCUT2D eigenvalue weighted by Gasteiger charge is -2.15. The highest BCUT2D eigenvalue weighted by atomic mass is 16.5. The monoisotopic (exact) mass is 263 g/mol. The van der Waals surface area contributed by atoms with Gasteiger partial charge in [0.1, 0.15) is 0 Å². The highest BCUT2D eigenvalue weighted by Gasteiger charge is 2.42. The molecule has 1 fully saturated rings. The Labute approximate surface area is 113 Å². The minimum Gasteiger partial charge on any atom is -0.399 e. The molecule has 1 aliphatic carbocycles. The van der Waals surface area contributed by atoms with Crippen molar-refractivity contribution in [3.63, 3.8) is 0 Å². The summed E-state index contributed by atoms with van der Waals surface area (Å²) >= 11 is 0. The van der Waals surface area contributed by atoms with Crippen LogP contribution in [0.3, 0.4) is 0 Å². The van der Waals surface area contributed by atoms with Crippen molar-refractivity contribution in [1.29, 1.82) is 0 Å². The van der Waals surface area contributed by atoms with E-state index in [0.717, 1.165) is 25.9 Å². The normalized spacial score (nSPS) is 16.1. The van der Waals surface area contributed by atoms with Gasteiger partial charge in [0, 0.05) is 37.2 Å². The second-order valence-corrected chi connectivity index (χ2v) is 5.31. The fraction of sp³-hybridized carbons (Fsp3) is 0.500. The third-order valence-corrected chi connectivity index (χ3v) is 3.66. The van der Waals surface area contributed by atoms with E-state index in [9.17, 15) is 4.79 Å². The lowest BCUT2D eigenvalue weighted by atomic mass is 10.0. The Morgan fingerprint density at radius 1 is 1.32 bits per heavy atom. The van der Waals surface area contributed by atoms with Crippen LogP contribution in [0.4, 0.5) is 11.4 Å². The number of nitrogen functional groups attached to an aromatic ring is 2. The molecule has 5 heteroatoms. The molecule has 1 aromatic carbocycles. The van der Waals surface area contributed by atoms with E-state index >= 15 is 0 Å². The highest BCUT2D eigenvalue weighted by molar-refractivity contribution is 5.96. The predicted octanol–water partition coefficient (Wildman–Crippen LogP) is 1.40. The molecule has 0 unspecified atom stereocenters. The van der Waals surface area contributed by atoms with Crippen molar-refractivity contribution >= 4 is 17.3 Å². The maximum Gasteiger partial charge on any atom is 0.251 e. The first-order valence-electron chi connectivity index (χ1n) is 6.48. The average Bonchev–Trinajstić information content (AvgIpc) is 3.13. The van der Waals surface area contributed by atoms with E-state index < -0.39 is 0 Å². The number of hydrogen-bond donors (Lipinski definition) is 3. The molecule has 0 atom stereocenters. The molecule has 1 saturated carbocycles. The first-order chi connectivity index (χ1) is 9.04. The number of ether oxygens (including phenoxy) is 1. The number of nitrogens with one attached hydrogen (secondary N) is 1. The molecule has 0 bridgehead atoms. The van der Waals surface area contributed by atoms with E-state index in [0.29, 0.717) is 23.5 Å². The Bertz CT molecular complexity index is 450. The Morgan fingerprint density at radius 3 is 2.47 bits per heavy atom. The van der Waals surface area contributed by atoms with E-state index in [-0.39, 0.29) is 11.3 Å². The molecular weight excluding hydrogens is 242 g/mol. The number of benzene rings is 1. The molecule has 19 heavy (non-hydrogen) atoms. The molecule has 1 amide bonds. The highest BCUT2D eigenvalue weighted by Crippen LogP contribution is 2.48. The molecule has 5 nitrogen and oxygen atoms in total. The molecule has 1 aromatic rings. The van der Waals surface area contributed by atoms with Crippen LogP contribution >= 0.6 is 0 Å². The van der Waals surface area contributed by atoms with Crippen molar-refractivity contribution in [2.45, 2.75) is 19.3 Å². The molecule has 0 heterocycles. The summed E-state index contributed by atoms with van der Waals surface area (Å²) in [6.07, 6.45) is 3.29. The van der Waals surface area contributed by atoms with Crippen LogP contribution in [0.1, 0.15) is 29.6 Å². The summed E-state index contributed by atoms with van der Waals surface area (Å²) in [5.41, 5.74) is 13.1. The van der Waals surface area contributed by atoms with Gasteiger partial charge in [0.15, 0.2) is 0 Å². The van der Waals surface area contributed by atoms with Crippen LogP contribution in [0.25, 0.3) is 0 Å². The van der Waals surface area contributed by atoms with Crippen molar-refractivity contribution in [1.82, 2.24) is 5.32 Å². The summed E-state index contributed by atoms with van der Waals surface area (Å²) in [6.45, 7) is 1.42. The zero-order chi connectivity index (χ0) is 13.9. The van der Waals surface area contributed by atoms with Crippen molar-refractivity contribution in [2.24, 2.45) is 5.41 Å². The maximum atomic E-state index is 12.0. The van der Waals surface area contributed by atoms with Gasteiger partial charge in [-0.05, 0) is 42.9 Å². The van der Waals surface area contributed by atoms with Gasteiger partial charge in [0.25, 0.3) is 5.91 Å². The third kappa shape index (κ3) is 3.61. The lowest BCUT2D eigenvalue weighted by Crippen LogP contribution is -2.30. The molecule has 0 saturated heterocycles. The molecule has 0 aromatic heterocycles. The average molecular weight is 263 g/mol. The Kier molecular flexibility index (Phi) is 3.95. The quantitative estimate of drug-likeness (QED) is 0.677. The fourth-order valence-electron chi connectivity index (χ4n) is 2.19. The van der Waals surface area contributed by atoms with Crippen LogP contribution in [0.15, 0.2) is 18.2 Å². The summed E-state index contributed by atoms with van der Waals surface area (Å²) in [4.78, 5) is 12.0. The van der Waals surface area contributed by atoms with E-state index in [1.54, 1.807) is 25.3 Å². The number of nitrogens with two attached hydrogens (primary N) is 2. The van der Waals surface area contributed by atoms with Crippen LogP contribution in [-0.2, 0) is 4.74 Å². The summed E-state index contributed by atoms with van der Waals surface area (Å²) in [5.74, 6) is -0.123. The van der Waals surface area contributed by atoms with Gasteiger partial charge in [-0.15, -0.1) is 0 Å². The molecule has 0 aliphatic heterocycles. The molecule has 0 radical (unpaired) electrons. The van der Waals surface area contributed by atoms with Gasteiger partial charge in [-0.3, -0.25) is 4.79 Å². The van der Waals surface area contributed by atoms with E-state index in [1.165, 1.54) is 0 Å². The SMILES string of the molecule is COCCC1(CNC(=O)c2cc(N)cc(N)c2)CC1. The van der Waals surface area contributed by atoms with Gasteiger partial charge in [0.2, 0.25) is 0 Å². The van der Waals surface area contributed by atoms with Crippen molar-refractivity contribution in [2.75, 3.05) is 31.7 Å². The first kappa shape index (κ1) is 13.7. The van der Waals surface area contributed by atoms with Crippen molar-refractivity contribution in [3.05, 3.63) is 23.8 Å². The smallest absolute Gasteiger partial charge is 0.251 e. The topological polar surface area (TPSA) is 90.4 Å². The van der Waals surface area contributed by atoms with Gasteiger partial charge < -0.3 is 21.5 Å². The number of carbonyl (C=O) groups is 1. The fourth-order valence-corrected chi connectivity index (χ4v) is 2.19.